The maximum Gasteiger partial charge on any atom is 0.278 e. The van der Waals surface area contributed by atoms with Crippen molar-refractivity contribution in [2.75, 3.05) is 5.32 Å². The SMILES string of the molecule is Cc1cnc(CNc2ccc(F)c(F)c2)c(C)c1[N+](=O)[O-]. The standard InChI is InChI=1S/C14H13F2N3O2/c1-8-6-18-13(9(2)14(8)19(20)21)7-17-10-3-4-11(15)12(16)5-10/h3-6,17H,7H2,1-2H3. The molecule has 0 fully saturated rings. The summed E-state index contributed by atoms with van der Waals surface area (Å²) in [6, 6.07) is 3.42. The van der Waals surface area contributed by atoms with Gasteiger partial charge in [-0.15, -0.1) is 0 Å². The molecule has 7 heteroatoms. The number of nitrogens with one attached hydrogen (secondary N) is 1. The van der Waals surface area contributed by atoms with E-state index in [1.807, 2.05) is 0 Å². The largest absolute Gasteiger partial charge is 0.379 e. The van der Waals surface area contributed by atoms with Gasteiger partial charge in [0.25, 0.3) is 5.69 Å². The minimum atomic E-state index is -0.959. The van der Waals surface area contributed by atoms with Gasteiger partial charge >= 0.3 is 0 Å². The Balaban J connectivity index is 2.22. The van der Waals surface area contributed by atoms with Gasteiger partial charge in [0.15, 0.2) is 11.6 Å². The number of pyridine rings is 1. The topological polar surface area (TPSA) is 68.1 Å². The molecule has 0 amide bonds. The third-order valence-electron chi connectivity index (χ3n) is 3.14. The van der Waals surface area contributed by atoms with E-state index in [0.29, 0.717) is 22.5 Å². The Morgan fingerprint density at radius 1 is 1.29 bits per heavy atom. The summed E-state index contributed by atoms with van der Waals surface area (Å²) in [5, 5.41) is 13.9. The second-order valence-corrected chi connectivity index (χ2v) is 4.60. The molecule has 1 N–H and O–H groups in total. The second-order valence-electron chi connectivity index (χ2n) is 4.60. The van der Waals surface area contributed by atoms with Gasteiger partial charge in [0.2, 0.25) is 0 Å². The molecule has 2 rings (SSSR count). The Morgan fingerprint density at radius 2 is 2.00 bits per heavy atom. The number of halogens is 2. The highest BCUT2D eigenvalue weighted by Crippen LogP contribution is 2.24. The lowest BCUT2D eigenvalue weighted by Crippen LogP contribution is -2.07. The zero-order chi connectivity index (χ0) is 15.6. The monoisotopic (exact) mass is 293 g/mol. The fraction of sp³-hybridized carbons (Fsp3) is 0.214. The lowest BCUT2D eigenvalue weighted by Gasteiger charge is -2.10. The van der Waals surface area contributed by atoms with Crippen LogP contribution >= 0.6 is 0 Å². The normalized spacial score (nSPS) is 10.5. The van der Waals surface area contributed by atoms with Crippen molar-refractivity contribution in [3.8, 4) is 0 Å². The van der Waals surface area contributed by atoms with Crippen LogP contribution in [0.5, 0.6) is 0 Å². The van der Waals surface area contributed by atoms with Crippen molar-refractivity contribution in [3.05, 3.63) is 63.0 Å². The highest BCUT2D eigenvalue weighted by atomic mass is 19.2. The van der Waals surface area contributed by atoms with E-state index in [1.165, 1.54) is 12.3 Å². The molecule has 0 radical (unpaired) electrons. The van der Waals surface area contributed by atoms with Crippen LogP contribution in [0.25, 0.3) is 0 Å². The number of nitrogens with zero attached hydrogens (tertiary/aromatic N) is 2. The van der Waals surface area contributed by atoms with Crippen LogP contribution in [-0.4, -0.2) is 9.91 Å². The van der Waals surface area contributed by atoms with Gasteiger partial charge in [0.1, 0.15) is 0 Å². The lowest BCUT2D eigenvalue weighted by molar-refractivity contribution is -0.386. The van der Waals surface area contributed by atoms with Crippen molar-refractivity contribution in [2.24, 2.45) is 0 Å². The van der Waals surface area contributed by atoms with Crippen LogP contribution in [0.1, 0.15) is 16.8 Å². The summed E-state index contributed by atoms with van der Waals surface area (Å²) >= 11 is 0. The van der Waals surface area contributed by atoms with Gasteiger partial charge in [0, 0.05) is 23.5 Å². The molecule has 21 heavy (non-hydrogen) atoms. The Labute approximate surface area is 119 Å². The van der Waals surface area contributed by atoms with Crippen LogP contribution in [0.3, 0.4) is 0 Å². The first-order valence-corrected chi connectivity index (χ1v) is 6.18. The van der Waals surface area contributed by atoms with E-state index >= 15 is 0 Å². The second kappa shape index (κ2) is 5.82. The van der Waals surface area contributed by atoms with Crippen molar-refractivity contribution >= 4 is 11.4 Å². The van der Waals surface area contributed by atoms with E-state index in [4.69, 9.17) is 0 Å². The molecule has 110 valence electrons. The molecule has 0 aliphatic carbocycles. The predicted molar refractivity (Wildman–Crippen MR) is 74.1 cm³/mol. The van der Waals surface area contributed by atoms with Crippen LogP contribution in [0.2, 0.25) is 0 Å². The van der Waals surface area contributed by atoms with E-state index in [-0.39, 0.29) is 12.2 Å². The molecule has 0 unspecified atom stereocenters. The van der Waals surface area contributed by atoms with Gasteiger partial charge in [-0.25, -0.2) is 8.78 Å². The molecule has 0 saturated heterocycles. The van der Waals surface area contributed by atoms with Gasteiger partial charge in [-0.3, -0.25) is 15.1 Å². The Hall–Kier alpha value is -2.57. The van der Waals surface area contributed by atoms with Gasteiger partial charge < -0.3 is 5.32 Å². The smallest absolute Gasteiger partial charge is 0.278 e. The van der Waals surface area contributed by atoms with E-state index in [0.717, 1.165) is 12.1 Å². The summed E-state index contributed by atoms with van der Waals surface area (Å²) in [4.78, 5) is 14.7. The first-order valence-electron chi connectivity index (χ1n) is 6.18. The fourth-order valence-corrected chi connectivity index (χ4v) is 2.02. The van der Waals surface area contributed by atoms with Gasteiger partial charge in [-0.2, -0.15) is 0 Å². The van der Waals surface area contributed by atoms with Gasteiger partial charge in [-0.05, 0) is 26.0 Å². The Kier molecular flexibility index (Phi) is 4.11. The van der Waals surface area contributed by atoms with Crippen molar-refractivity contribution < 1.29 is 13.7 Å². The number of nitro groups is 1. The van der Waals surface area contributed by atoms with Crippen LogP contribution in [0.15, 0.2) is 24.4 Å². The molecule has 0 atom stereocenters. The van der Waals surface area contributed by atoms with E-state index < -0.39 is 16.6 Å². The molecule has 0 spiro atoms. The summed E-state index contributed by atoms with van der Waals surface area (Å²) in [5.74, 6) is -1.89. The van der Waals surface area contributed by atoms with Crippen LogP contribution in [-0.2, 0) is 6.54 Å². The molecule has 0 saturated carbocycles. The van der Waals surface area contributed by atoms with E-state index in [9.17, 15) is 18.9 Å². The minimum Gasteiger partial charge on any atom is -0.379 e. The number of rotatable bonds is 4. The quantitative estimate of drug-likeness (QED) is 0.692. The highest BCUT2D eigenvalue weighted by molar-refractivity contribution is 5.49. The number of aromatic nitrogens is 1. The molecular formula is C14H13F2N3O2. The highest BCUT2D eigenvalue weighted by Gasteiger charge is 2.18. The van der Waals surface area contributed by atoms with Crippen molar-refractivity contribution in [3.63, 3.8) is 0 Å². The van der Waals surface area contributed by atoms with E-state index in [1.54, 1.807) is 13.8 Å². The van der Waals surface area contributed by atoms with Crippen LogP contribution < -0.4 is 5.32 Å². The molecule has 5 nitrogen and oxygen atoms in total. The van der Waals surface area contributed by atoms with E-state index in [2.05, 4.69) is 10.3 Å². The maximum absolute atomic E-state index is 13.1. The fourth-order valence-electron chi connectivity index (χ4n) is 2.02. The van der Waals surface area contributed by atoms with Crippen molar-refractivity contribution in [1.82, 2.24) is 4.98 Å². The zero-order valence-electron chi connectivity index (χ0n) is 11.5. The number of aryl methyl sites for hydroxylation is 1. The molecule has 1 heterocycles. The van der Waals surface area contributed by atoms with Crippen LogP contribution in [0.4, 0.5) is 20.2 Å². The summed E-state index contributed by atoms with van der Waals surface area (Å²) in [6.45, 7) is 3.41. The summed E-state index contributed by atoms with van der Waals surface area (Å²) in [5.41, 5.74) is 1.81. The average Bonchev–Trinajstić information content (AvgIpc) is 2.41. The molecule has 0 aliphatic heterocycles. The first kappa shape index (κ1) is 14.8. The molecule has 1 aromatic heterocycles. The third kappa shape index (κ3) is 3.13. The summed E-state index contributed by atoms with van der Waals surface area (Å²) in [6.07, 6.45) is 1.42. The molecule has 1 aromatic carbocycles. The van der Waals surface area contributed by atoms with Crippen LogP contribution in [0, 0.1) is 35.6 Å². The average molecular weight is 293 g/mol. The number of anilines is 1. The first-order chi connectivity index (χ1) is 9.90. The number of benzene rings is 1. The van der Waals surface area contributed by atoms with Crippen molar-refractivity contribution in [1.29, 1.82) is 0 Å². The Bertz CT molecular complexity index is 705. The van der Waals surface area contributed by atoms with Crippen molar-refractivity contribution in [2.45, 2.75) is 20.4 Å². The summed E-state index contributed by atoms with van der Waals surface area (Å²) < 4.78 is 25.9. The molecule has 2 aromatic rings. The van der Waals surface area contributed by atoms with Gasteiger partial charge in [-0.1, -0.05) is 0 Å². The lowest BCUT2D eigenvalue weighted by atomic mass is 10.1. The summed E-state index contributed by atoms with van der Waals surface area (Å²) in [7, 11) is 0. The number of hydrogen-bond acceptors (Lipinski definition) is 4. The Morgan fingerprint density at radius 3 is 2.62 bits per heavy atom. The van der Waals surface area contributed by atoms with Gasteiger partial charge in [0.05, 0.1) is 22.7 Å². The zero-order valence-corrected chi connectivity index (χ0v) is 11.5. The molecular weight excluding hydrogens is 280 g/mol. The minimum absolute atomic E-state index is 0.0205. The number of hydrogen-bond donors (Lipinski definition) is 1. The molecule has 0 aliphatic rings. The predicted octanol–water partition coefficient (Wildman–Crippen LogP) is 3.50. The maximum atomic E-state index is 13.1. The third-order valence-corrected chi connectivity index (χ3v) is 3.14. The molecule has 0 bridgehead atoms.